The quantitative estimate of drug-likeness (QED) is 0.184. The van der Waals surface area contributed by atoms with E-state index in [9.17, 15) is 22.8 Å². The van der Waals surface area contributed by atoms with Crippen LogP contribution in [-0.2, 0) is 38.4 Å². The van der Waals surface area contributed by atoms with Gasteiger partial charge in [0.15, 0.2) is 6.10 Å². The van der Waals surface area contributed by atoms with E-state index in [1.54, 1.807) is 0 Å². The Hall–Kier alpha value is -2.73. The Labute approximate surface area is 234 Å². The molecule has 14 heteroatoms. The van der Waals surface area contributed by atoms with E-state index >= 15 is 0 Å². The second-order valence-corrected chi connectivity index (χ2v) is 10.8. The second kappa shape index (κ2) is 14.4. The molecule has 0 saturated heterocycles. The first-order chi connectivity index (χ1) is 17.8. The van der Waals surface area contributed by atoms with Crippen molar-refractivity contribution >= 4 is 62.5 Å². The summed E-state index contributed by atoms with van der Waals surface area (Å²) < 4.78 is 52.2. The largest absolute Gasteiger partial charge is 0.488 e. The van der Waals surface area contributed by atoms with Crippen LogP contribution in [-0.4, -0.2) is 64.2 Å². The molecule has 0 unspecified atom stereocenters. The van der Waals surface area contributed by atoms with Crippen molar-refractivity contribution in [2.75, 3.05) is 25.7 Å². The predicted molar refractivity (Wildman–Crippen MR) is 138 cm³/mol. The van der Waals surface area contributed by atoms with Crippen LogP contribution >= 0.6 is 34.8 Å². The van der Waals surface area contributed by atoms with Gasteiger partial charge in [-0.15, -0.1) is 11.6 Å². The van der Waals surface area contributed by atoms with Crippen LogP contribution < -0.4 is 9.47 Å². The fourth-order valence-corrected chi connectivity index (χ4v) is 5.00. The number of halogens is 3. The molecule has 0 aliphatic rings. The van der Waals surface area contributed by atoms with E-state index in [2.05, 4.69) is 0 Å². The van der Waals surface area contributed by atoms with E-state index in [-0.39, 0.29) is 57.0 Å². The summed E-state index contributed by atoms with van der Waals surface area (Å²) in [7, 11) is -4.03. The van der Waals surface area contributed by atoms with Gasteiger partial charge >= 0.3 is 17.9 Å². The Bertz CT molecular complexity index is 1270. The van der Waals surface area contributed by atoms with Crippen molar-refractivity contribution in [3.05, 3.63) is 46.4 Å². The van der Waals surface area contributed by atoms with Gasteiger partial charge in [-0.3, -0.25) is 14.4 Å². The Morgan fingerprint density at radius 2 is 1.18 bits per heavy atom. The molecule has 0 spiro atoms. The van der Waals surface area contributed by atoms with Crippen LogP contribution in [0, 0.1) is 0 Å². The van der Waals surface area contributed by atoms with Crippen LogP contribution in [0.2, 0.25) is 10.0 Å². The van der Waals surface area contributed by atoms with Gasteiger partial charge in [0.2, 0.25) is 9.84 Å². The number of carbonyl (C=O) groups is 3. The zero-order chi connectivity index (χ0) is 28.5. The molecule has 0 fully saturated rings. The maximum Gasteiger partial charge on any atom is 0.303 e. The summed E-state index contributed by atoms with van der Waals surface area (Å²) in [5, 5.41) is -0.0126. The highest BCUT2D eigenvalue weighted by atomic mass is 35.5. The van der Waals surface area contributed by atoms with Gasteiger partial charge < -0.3 is 23.7 Å². The molecule has 2 atom stereocenters. The van der Waals surface area contributed by atoms with Crippen molar-refractivity contribution in [2.24, 2.45) is 0 Å². The van der Waals surface area contributed by atoms with Crippen LogP contribution in [0.1, 0.15) is 20.8 Å². The molecule has 0 aliphatic heterocycles. The normalized spacial score (nSPS) is 12.7. The minimum absolute atomic E-state index is 0.000726. The molecule has 0 heterocycles. The van der Waals surface area contributed by atoms with E-state index in [0.29, 0.717) is 0 Å². The number of hydrogen-bond donors (Lipinski definition) is 0. The number of esters is 3. The number of sulfone groups is 1. The minimum Gasteiger partial charge on any atom is -0.488 e. The third-order valence-corrected chi connectivity index (χ3v) is 7.27. The number of carbonyl (C=O) groups excluding carboxylic acids is 3. The first-order valence-electron chi connectivity index (χ1n) is 11.0. The molecule has 0 aliphatic carbocycles. The number of alkyl halides is 1. The topological polar surface area (TPSA) is 132 Å². The molecule has 0 amide bonds. The molecule has 10 nitrogen and oxygen atoms in total. The predicted octanol–water partition coefficient (Wildman–Crippen LogP) is 4.25. The van der Waals surface area contributed by atoms with Crippen molar-refractivity contribution in [1.29, 1.82) is 0 Å². The zero-order valence-corrected chi connectivity index (χ0v) is 23.7. The zero-order valence-electron chi connectivity index (χ0n) is 20.6. The van der Waals surface area contributed by atoms with Gasteiger partial charge in [-0.25, -0.2) is 8.42 Å². The van der Waals surface area contributed by atoms with Crippen molar-refractivity contribution in [2.45, 2.75) is 42.8 Å². The fourth-order valence-electron chi connectivity index (χ4n) is 2.94. The number of benzene rings is 2. The highest BCUT2D eigenvalue weighted by molar-refractivity contribution is 7.91. The van der Waals surface area contributed by atoms with E-state index in [1.807, 2.05) is 0 Å². The van der Waals surface area contributed by atoms with Gasteiger partial charge in [-0.05, 0) is 36.4 Å². The molecule has 0 bridgehead atoms. The Morgan fingerprint density at radius 3 is 1.58 bits per heavy atom. The average molecular weight is 612 g/mol. The molecule has 2 rings (SSSR count). The summed E-state index contributed by atoms with van der Waals surface area (Å²) in [5.74, 6) is -1.39. The van der Waals surface area contributed by atoms with Gasteiger partial charge in [-0.1, -0.05) is 23.2 Å². The van der Waals surface area contributed by atoms with Crippen molar-refractivity contribution < 1.29 is 46.5 Å². The lowest BCUT2D eigenvalue weighted by Crippen LogP contribution is -2.29. The first kappa shape index (κ1) is 31.5. The molecule has 0 saturated carbocycles. The average Bonchev–Trinajstić information content (AvgIpc) is 2.83. The maximum atomic E-state index is 13.2. The van der Waals surface area contributed by atoms with E-state index < -0.39 is 40.0 Å². The van der Waals surface area contributed by atoms with Crippen LogP contribution in [0.3, 0.4) is 0 Å². The maximum absolute atomic E-state index is 13.2. The standard InChI is InChI=1S/C24H25Cl3O10S/c1-14(28)33-12-18(37-16(3)30)13-35-24-7-5-20(9-22(24)27)38(31,32)19-4-6-23(21(26)8-19)34-11-17(10-25)36-15(2)29/h4-9,17-18H,10-13H2,1-3H3/t17-,18-/m1/s1. The first-order valence-corrected chi connectivity index (χ1v) is 13.7. The SMILES string of the molecule is CC(=O)OC[C@H](COc1ccc(S(=O)(=O)c2ccc(OC[C@@H](CCl)OC(C)=O)c(Cl)c2)cc1Cl)OC(C)=O. The van der Waals surface area contributed by atoms with Crippen LogP contribution in [0.25, 0.3) is 0 Å². The smallest absolute Gasteiger partial charge is 0.303 e. The minimum atomic E-state index is -4.03. The lowest BCUT2D eigenvalue weighted by molar-refractivity contribution is -0.158. The van der Waals surface area contributed by atoms with Crippen molar-refractivity contribution in [1.82, 2.24) is 0 Å². The molecule has 0 radical (unpaired) electrons. The molecule has 0 aromatic heterocycles. The van der Waals surface area contributed by atoms with E-state index in [1.165, 1.54) is 57.2 Å². The summed E-state index contributed by atoms with van der Waals surface area (Å²) in [4.78, 5) is 33.2. The molecule has 208 valence electrons. The summed E-state index contributed by atoms with van der Waals surface area (Å²) in [6.45, 7) is 3.14. The van der Waals surface area contributed by atoms with E-state index in [4.69, 9.17) is 58.5 Å². The molecule has 38 heavy (non-hydrogen) atoms. The van der Waals surface area contributed by atoms with Gasteiger partial charge in [0.25, 0.3) is 0 Å². The molecular formula is C24H25Cl3O10S. The van der Waals surface area contributed by atoms with Gasteiger partial charge in [-0.2, -0.15) is 0 Å². The molecule has 2 aromatic rings. The van der Waals surface area contributed by atoms with Crippen molar-refractivity contribution in [3.63, 3.8) is 0 Å². The number of rotatable bonds is 13. The van der Waals surface area contributed by atoms with Crippen LogP contribution in [0.15, 0.2) is 46.2 Å². The lowest BCUT2D eigenvalue weighted by atomic mass is 10.3. The summed E-state index contributed by atoms with van der Waals surface area (Å²) >= 11 is 18.2. The van der Waals surface area contributed by atoms with Crippen molar-refractivity contribution in [3.8, 4) is 11.5 Å². The highest BCUT2D eigenvalue weighted by Crippen LogP contribution is 2.33. The Morgan fingerprint density at radius 1 is 0.737 bits per heavy atom. The third-order valence-electron chi connectivity index (χ3n) is 4.59. The highest BCUT2D eigenvalue weighted by Gasteiger charge is 2.22. The summed E-state index contributed by atoms with van der Waals surface area (Å²) in [6, 6.07) is 7.70. The van der Waals surface area contributed by atoms with Crippen LogP contribution in [0.4, 0.5) is 0 Å². The summed E-state index contributed by atoms with van der Waals surface area (Å²) in [6.07, 6.45) is -1.60. The number of ether oxygens (including phenoxy) is 5. The Balaban J connectivity index is 2.14. The third kappa shape index (κ3) is 9.54. The fraction of sp³-hybridized carbons (Fsp3) is 0.375. The molecule has 2 aromatic carbocycles. The number of hydrogen-bond acceptors (Lipinski definition) is 10. The van der Waals surface area contributed by atoms with Gasteiger partial charge in [0.05, 0.1) is 25.7 Å². The second-order valence-electron chi connectivity index (χ2n) is 7.73. The van der Waals surface area contributed by atoms with Crippen LogP contribution in [0.5, 0.6) is 11.5 Å². The van der Waals surface area contributed by atoms with Gasteiger partial charge in [0.1, 0.15) is 37.4 Å². The monoisotopic (exact) mass is 610 g/mol. The lowest BCUT2D eigenvalue weighted by Gasteiger charge is -2.18. The molecule has 0 N–H and O–H groups in total. The Kier molecular flexibility index (Phi) is 12.0. The summed E-state index contributed by atoms with van der Waals surface area (Å²) in [5.41, 5.74) is 0. The molecular weight excluding hydrogens is 587 g/mol. The van der Waals surface area contributed by atoms with Gasteiger partial charge in [0, 0.05) is 20.8 Å². The van der Waals surface area contributed by atoms with E-state index in [0.717, 1.165) is 0 Å².